The monoisotopic (exact) mass is 241 g/mol. The largest absolute Gasteiger partial charge is 0.314 e. The first-order chi connectivity index (χ1) is 8.08. The lowest BCUT2D eigenvalue weighted by Crippen LogP contribution is -2.36. The number of nitrogens with one attached hydrogen (secondary N) is 1. The minimum Gasteiger partial charge on any atom is -0.314 e. The van der Waals surface area contributed by atoms with Crippen molar-refractivity contribution in [1.82, 2.24) is 15.1 Å². The summed E-state index contributed by atoms with van der Waals surface area (Å²) in [6.07, 6.45) is 4.03. The molecule has 0 amide bonds. The maximum Gasteiger partial charge on any atom is 0.00103 e. The molecule has 1 fully saturated rings. The second kappa shape index (κ2) is 8.06. The normalized spacial score (nSPS) is 19.4. The first kappa shape index (κ1) is 14.9. The van der Waals surface area contributed by atoms with Gasteiger partial charge in [0, 0.05) is 12.6 Å². The van der Waals surface area contributed by atoms with Crippen molar-refractivity contribution < 1.29 is 0 Å². The van der Waals surface area contributed by atoms with E-state index in [0.717, 1.165) is 12.5 Å². The minimum absolute atomic E-state index is 0.620. The lowest BCUT2D eigenvalue weighted by atomic mass is 9.97. The predicted molar refractivity (Wildman–Crippen MR) is 75.5 cm³/mol. The summed E-state index contributed by atoms with van der Waals surface area (Å²) in [5.74, 6) is 0.925. The zero-order chi connectivity index (χ0) is 12.7. The van der Waals surface area contributed by atoms with E-state index in [9.17, 15) is 0 Å². The average Bonchev–Trinajstić information content (AvgIpc) is 2.27. The Labute approximate surface area is 108 Å². The van der Waals surface area contributed by atoms with Gasteiger partial charge in [-0.3, -0.25) is 0 Å². The van der Waals surface area contributed by atoms with Crippen LogP contribution < -0.4 is 5.32 Å². The van der Waals surface area contributed by atoms with Gasteiger partial charge in [0.1, 0.15) is 0 Å². The van der Waals surface area contributed by atoms with Gasteiger partial charge in [-0.25, -0.2) is 0 Å². The van der Waals surface area contributed by atoms with Crippen molar-refractivity contribution in [2.75, 3.05) is 46.8 Å². The van der Waals surface area contributed by atoms with Crippen molar-refractivity contribution in [3.8, 4) is 0 Å². The Balaban J connectivity index is 2.02. The van der Waals surface area contributed by atoms with Crippen molar-refractivity contribution in [2.45, 2.75) is 39.2 Å². The first-order valence-electron chi connectivity index (χ1n) is 7.18. The molecule has 0 aliphatic carbocycles. The molecule has 0 radical (unpaired) electrons. The average molecular weight is 241 g/mol. The van der Waals surface area contributed by atoms with Gasteiger partial charge < -0.3 is 15.1 Å². The van der Waals surface area contributed by atoms with Crippen molar-refractivity contribution in [1.29, 1.82) is 0 Å². The zero-order valence-corrected chi connectivity index (χ0v) is 12.2. The molecule has 1 aliphatic heterocycles. The van der Waals surface area contributed by atoms with E-state index in [0.29, 0.717) is 6.04 Å². The molecule has 1 saturated heterocycles. The molecule has 0 saturated carbocycles. The van der Waals surface area contributed by atoms with Crippen LogP contribution in [-0.2, 0) is 0 Å². The second-order valence-electron chi connectivity index (χ2n) is 5.97. The quantitative estimate of drug-likeness (QED) is 0.684. The third-order valence-corrected chi connectivity index (χ3v) is 3.68. The van der Waals surface area contributed by atoms with Gasteiger partial charge in [-0.05, 0) is 65.5 Å². The maximum atomic E-state index is 3.48. The third kappa shape index (κ3) is 7.02. The van der Waals surface area contributed by atoms with Gasteiger partial charge in [0.2, 0.25) is 0 Å². The topological polar surface area (TPSA) is 18.5 Å². The van der Waals surface area contributed by atoms with Gasteiger partial charge in [-0.1, -0.05) is 13.8 Å². The Kier molecular flexibility index (Phi) is 7.09. The molecule has 3 heteroatoms. The van der Waals surface area contributed by atoms with Gasteiger partial charge in [-0.2, -0.15) is 0 Å². The van der Waals surface area contributed by atoms with E-state index in [2.05, 4.69) is 43.1 Å². The van der Waals surface area contributed by atoms with Crippen molar-refractivity contribution in [3.05, 3.63) is 0 Å². The lowest BCUT2D eigenvalue weighted by molar-refractivity contribution is 0.175. The number of hydrogen-bond acceptors (Lipinski definition) is 3. The molecule has 3 nitrogen and oxygen atoms in total. The van der Waals surface area contributed by atoms with Crippen LogP contribution >= 0.6 is 0 Å². The number of nitrogens with zero attached hydrogens (tertiary/aromatic N) is 2. The van der Waals surface area contributed by atoms with Crippen LogP contribution in [0.5, 0.6) is 0 Å². The Morgan fingerprint density at radius 3 is 2.53 bits per heavy atom. The molecule has 1 rings (SSSR count). The molecule has 1 heterocycles. The van der Waals surface area contributed by atoms with Crippen LogP contribution in [0.1, 0.15) is 33.1 Å². The number of likely N-dealkylation sites (tertiary alicyclic amines) is 1. The molecular formula is C14H31N3. The summed E-state index contributed by atoms with van der Waals surface area (Å²) >= 11 is 0. The van der Waals surface area contributed by atoms with Crippen LogP contribution in [0, 0.1) is 5.92 Å². The van der Waals surface area contributed by atoms with Crippen LogP contribution in [0.2, 0.25) is 0 Å². The van der Waals surface area contributed by atoms with Gasteiger partial charge in [0.05, 0.1) is 0 Å². The second-order valence-corrected chi connectivity index (χ2v) is 5.97. The maximum absolute atomic E-state index is 3.48. The van der Waals surface area contributed by atoms with Crippen LogP contribution in [0.3, 0.4) is 0 Å². The number of piperidine rings is 1. The van der Waals surface area contributed by atoms with E-state index in [1.54, 1.807) is 0 Å². The fourth-order valence-corrected chi connectivity index (χ4v) is 2.52. The fourth-order valence-electron chi connectivity index (χ4n) is 2.52. The SMILES string of the molecule is CC(C)NCCCN(C)CC1CCN(C)CC1. The molecule has 0 bridgehead atoms. The zero-order valence-electron chi connectivity index (χ0n) is 12.2. The van der Waals surface area contributed by atoms with Gasteiger partial charge in [0.15, 0.2) is 0 Å². The van der Waals surface area contributed by atoms with E-state index in [1.165, 1.54) is 45.4 Å². The molecule has 17 heavy (non-hydrogen) atoms. The summed E-state index contributed by atoms with van der Waals surface area (Å²) in [5.41, 5.74) is 0. The summed E-state index contributed by atoms with van der Waals surface area (Å²) in [6, 6.07) is 0.620. The highest BCUT2D eigenvalue weighted by atomic mass is 15.1. The summed E-state index contributed by atoms with van der Waals surface area (Å²) in [4.78, 5) is 4.96. The summed E-state index contributed by atoms with van der Waals surface area (Å²) < 4.78 is 0. The predicted octanol–water partition coefficient (Wildman–Crippen LogP) is 1.65. The summed E-state index contributed by atoms with van der Waals surface area (Å²) in [7, 11) is 4.51. The Bertz CT molecular complexity index is 186. The van der Waals surface area contributed by atoms with Crippen molar-refractivity contribution in [2.24, 2.45) is 5.92 Å². The molecule has 0 spiro atoms. The van der Waals surface area contributed by atoms with Crippen LogP contribution in [-0.4, -0.2) is 62.7 Å². The van der Waals surface area contributed by atoms with E-state index >= 15 is 0 Å². The molecule has 0 aromatic rings. The molecular weight excluding hydrogens is 210 g/mol. The smallest absolute Gasteiger partial charge is 0.00103 e. The Morgan fingerprint density at radius 1 is 1.29 bits per heavy atom. The van der Waals surface area contributed by atoms with E-state index < -0.39 is 0 Å². The van der Waals surface area contributed by atoms with Gasteiger partial charge in [0.25, 0.3) is 0 Å². The molecule has 1 N–H and O–H groups in total. The molecule has 0 unspecified atom stereocenters. The van der Waals surface area contributed by atoms with Crippen LogP contribution in [0.4, 0.5) is 0 Å². The summed E-state index contributed by atoms with van der Waals surface area (Å²) in [6.45, 7) is 10.7. The highest BCUT2D eigenvalue weighted by Crippen LogP contribution is 2.16. The highest BCUT2D eigenvalue weighted by Gasteiger charge is 2.17. The summed E-state index contributed by atoms with van der Waals surface area (Å²) in [5, 5.41) is 3.48. The van der Waals surface area contributed by atoms with E-state index in [1.807, 2.05) is 0 Å². The van der Waals surface area contributed by atoms with Crippen LogP contribution in [0.15, 0.2) is 0 Å². The van der Waals surface area contributed by atoms with Crippen molar-refractivity contribution >= 4 is 0 Å². The standard InChI is InChI=1S/C14H31N3/c1-13(2)15-8-5-9-17(4)12-14-6-10-16(3)11-7-14/h13-15H,5-12H2,1-4H3. The van der Waals surface area contributed by atoms with E-state index in [4.69, 9.17) is 0 Å². The van der Waals surface area contributed by atoms with Gasteiger partial charge in [-0.15, -0.1) is 0 Å². The Hall–Kier alpha value is -0.120. The minimum atomic E-state index is 0.620. The first-order valence-corrected chi connectivity index (χ1v) is 7.18. The molecule has 0 aromatic heterocycles. The molecule has 0 aromatic carbocycles. The molecule has 102 valence electrons. The van der Waals surface area contributed by atoms with E-state index in [-0.39, 0.29) is 0 Å². The van der Waals surface area contributed by atoms with Crippen LogP contribution in [0.25, 0.3) is 0 Å². The Morgan fingerprint density at radius 2 is 1.94 bits per heavy atom. The molecule has 0 atom stereocenters. The third-order valence-electron chi connectivity index (χ3n) is 3.68. The van der Waals surface area contributed by atoms with Gasteiger partial charge >= 0.3 is 0 Å². The highest BCUT2D eigenvalue weighted by molar-refractivity contribution is 4.72. The van der Waals surface area contributed by atoms with Crippen molar-refractivity contribution in [3.63, 3.8) is 0 Å². The fraction of sp³-hybridized carbons (Fsp3) is 1.00. The number of rotatable bonds is 7. The lowest BCUT2D eigenvalue weighted by Gasteiger charge is -2.31. The molecule has 1 aliphatic rings. The number of hydrogen-bond donors (Lipinski definition) is 1.